The van der Waals surface area contributed by atoms with Gasteiger partial charge in [0.15, 0.2) is 0 Å². The number of amides is 1. The largest absolute Gasteiger partial charge is 0.480 e. The number of carboxylic acid groups (broad SMARTS) is 1. The molecule has 0 bridgehead atoms. The van der Waals surface area contributed by atoms with E-state index in [0.717, 1.165) is 0 Å². The molecule has 5 nitrogen and oxygen atoms in total. The van der Waals surface area contributed by atoms with Crippen LogP contribution in [0.4, 0.5) is 0 Å². The summed E-state index contributed by atoms with van der Waals surface area (Å²) in [6.07, 6.45) is 2.26. The molecule has 21 heavy (non-hydrogen) atoms. The summed E-state index contributed by atoms with van der Waals surface area (Å²) in [5.41, 5.74) is 1.03. The SMILES string of the molecule is CSCC[C@@H](NC(=O)c1cc(Cl)nc(C(C)C)c1)C(=O)O. The second-order valence-electron chi connectivity index (χ2n) is 4.90. The second-order valence-corrected chi connectivity index (χ2v) is 6.28. The van der Waals surface area contributed by atoms with Crippen LogP contribution >= 0.6 is 23.4 Å². The number of thioether (sulfide) groups is 1. The molecule has 0 unspecified atom stereocenters. The summed E-state index contributed by atoms with van der Waals surface area (Å²) in [7, 11) is 0. The quantitative estimate of drug-likeness (QED) is 0.751. The Morgan fingerprint density at radius 1 is 1.43 bits per heavy atom. The van der Waals surface area contributed by atoms with Crippen molar-refractivity contribution in [3.8, 4) is 0 Å². The Labute approximate surface area is 133 Å². The van der Waals surface area contributed by atoms with E-state index in [9.17, 15) is 9.59 Å². The van der Waals surface area contributed by atoms with E-state index >= 15 is 0 Å². The number of carbonyl (C=O) groups excluding carboxylic acids is 1. The van der Waals surface area contributed by atoms with Gasteiger partial charge in [-0.2, -0.15) is 11.8 Å². The Morgan fingerprint density at radius 2 is 2.10 bits per heavy atom. The number of aromatic nitrogens is 1. The van der Waals surface area contributed by atoms with Crippen molar-refractivity contribution in [1.29, 1.82) is 0 Å². The molecule has 0 saturated heterocycles. The average molecular weight is 331 g/mol. The molecule has 0 fully saturated rings. The highest BCUT2D eigenvalue weighted by molar-refractivity contribution is 7.98. The molecule has 0 aromatic carbocycles. The van der Waals surface area contributed by atoms with Crippen LogP contribution in [0, 0.1) is 0 Å². The molecular weight excluding hydrogens is 312 g/mol. The second kappa shape index (κ2) is 8.24. The van der Waals surface area contributed by atoms with E-state index in [1.165, 1.54) is 17.8 Å². The number of rotatable bonds is 7. The normalized spacial score (nSPS) is 12.2. The van der Waals surface area contributed by atoms with E-state index < -0.39 is 17.9 Å². The lowest BCUT2D eigenvalue weighted by molar-refractivity contribution is -0.139. The number of carboxylic acids is 1. The molecule has 0 aliphatic rings. The minimum atomic E-state index is -1.04. The topological polar surface area (TPSA) is 79.3 Å². The van der Waals surface area contributed by atoms with E-state index in [1.807, 2.05) is 20.1 Å². The van der Waals surface area contributed by atoms with E-state index in [1.54, 1.807) is 6.07 Å². The zero-order valence-corrected chi connectivity index (χ0v) is 13.8. The lowest BCUT2D eigenvalue weighted by Crippen LogP contribution is -2.41. The van der Waals surface area contributed by atoms with Gasteiger partial charge in [-0.05, 0) is 36.5 Å². The average Bonchev–Trinajstić information content (AvgIpc) is 2.42. The van der Waals surface area contributed by atoms with Crippen LogP contribution in [-0.4, -0.2) is 40.0 Å². The molecule has 0 spiro atoms. The summed E-state index contributed by atoms with van der Waals surface area (Å²) in [5, 5.41) is 11.9. The Hall–Kier alpha value is -1.27. The molecule has 7 heteroatoms. The van der Waals surface area contributed by atoms with Crippen molar-refractivity contribution in [2.45, 2.75) is 32.2 Å². The third-order valence-electron chi connectivity index (χ3n) is 2.88. The fourth-order valence-corrected chi connectivity index (χ4v) is 2.37. The van der Waals surface area contributed by atoms with Gasteiger partial charge < -0.3 is 10.4 Å². The Morgan fingerprint density at radius 3 is 2.62 bits per heavy atom. The van der Waals surface area contributed by atoms with Crippen LogP contribution in [0.2, 0.25) is 5.15 Å². The van der Waals surface area contributed by atoms with Crippen molar-refractivity contribution in [2.75, 3.05) is 12.0 Å². The summed E-state index contributed by atoms with van der Waals surface area (Å²) in [6.45, 7) is 3.89. The standard InChI is InChI=1S/C14H19ClN2O3S/c1-8(2)11-6-9(7-12(15)16-11)13(18)17-10(14(19)20)4-5-21-3/h6-8,10H,4-5H2,1-3H3,(H,17,18)(H,19,20)/t10-/m1/s1. The number of nitrogens with zero attached hydrogens (tertiary/aromatic N) is 1. The van der Waals surface area contributed by atoms with Gasteiger partial charge in [0, 0.05) is 11.3 Å². The van der Waals surface area contributed by atoms with Crippen molar-refractivity contribution < 1.29 is 14.7 Å². The van der Waals surface area contributed by atoms with Gasteiger partial charge in [0.2, 0.25) is 0 Å². The molecule has 116 valence electrons. The number of pyridine rings is 1. The Bertz CT molecular complexity index is 523. The van der Waals surface area contributed by atoms with Crippen LogP contribution in [0.3, 0.4) is 0 Å². The van der Waals surface area contributed by atoms with Crippen LogP contribution in [0.1, 0.15) is 42.2 Å². The third kappa shape index (κ3) is 5.55. The minimum absolute atomic E-state index is 0.127. The minimum Gasteiger partial charge on any atom is -0.480 e. The smallest absolute Gasteiger partial charge is 0.326 e. The van der Waals surface area contributed by atoms with Gasteiger partial charge in [0.05, 0.1) is 0 Å². The third-order valence-corrected chi connectivity index (χ3v) is 3.72. The van der Waals surface area contributed by atoms with Crippen molar-refractivity contribution in [3.05, 3.63) is 28.5 Å². The van der Waals surface area contributed by atoms with Crippen LogP contribution in [0.25, 0.3) is 0 Å². The van der Waals surface area contributed by atoms with Gasteiger partial charge in [-0.15, -0.1) is 0 Å². The number of hydrogen-bond acceptors (Lipinski definition) is 4. The van der Waals surface area contributed by atoms with Crippen molar-refractivity contribution >= 4 is 35.2 Å². The van der Waals surface area contributed by atoms with Gasteiger partial charge in [-0.3, -0.25) is 4.79 Å². The van der Waals surface area contributed by atoms with Crippen LogP contribution in [-0.2, 0) is 4.79 Å². The Kier molecular flexibility index (Phi) is 6.98. The highest BCUT2D eigenvalue weighted by Gasteiger charge is 2.21. The molecule has 1 heterocycles. The number of hydrogen-bond donors (Lipinski definition) is 2. The first kappa shape index (κ1) is 17.8. The van der Waals surface area contributed by atoms with Crippen molar-refractivity contribution in [2.24, 2.45) is 0 Å². The lowest BCUT2D eigenvalue weighted by atomic mass is 10.1. The maximum absolute atomic E-state index is 12.2. The van der Waals surface area contributed by atoms with Crippen LogP contribution in [0.15, 0.2) is 12.1 Å². The lowest BCUT2D eigenvalue weighted by Gasteiger charge is -2.15. The summed E-state index contributed by atoms with van der Waals surface area (Å²) < 4.78 is 0. The predicted molar refractivity (Wildman–Crippen MR) is 85.2 cm³/mol. The first-order valence-corrected chi connectivity index (χ1v) is 8.32. The van der Waals surface area contributed by atoms with Crippen molar-refractivity contribution in [3.63, 3.8) is 0 Å². The number of halogens is 1. The number of aliphatic carboxylic acids is 1. The molecule has 1 aromatic heterocycles. The first-order valence-electron chi connectivity index (χ1n) is 6.55. The van der Waals surface area contributed by atoms with E-state index in [0.29, 0.717) is 23.4 Å². The summed E-state index contributed by atoms with van der Waals surface area (Å²) in [4.78, 5) is 27.5. The molecular formula is C14H19ClN2O3S. The highest BCUT2D eigenvalue weighted by Crippen LogP contribution is 2.18. The summed E-state index contributed by atoms with van der Waals surface area (Å²) >= 11 is 7.44. The molecule has 2 N–H and O–H groups in total. The summed E-state index contributed by atoms with van der Waals surface area (Å²) in [6, 6.07) is 2.18. The number of carbonyl (C=O) groups is 2. The molecule has 1 aromatic rings. The molecule has 1 atom stereocenters. The molecule has 1 rings (SSSR count). The van der Waals surface area contributed by atoms with E-state index in [-0.39, 0.29) is 11.1 Å². The van der Waals surface area contributed by atoms with Crippen molar-refractivity contribution in [1.82, 2.24) is 10.3 Å². The van der Waals surface area contributed by atoms with Gasteiger partial charge in [0.25, 0.3) is 5.91 Å². The predicted octanol–water partition coefficient (Wildman–Crippen LogP) is 2.79. The maximum Gasteiger partial charge on any atom is 0.326 e. The first-order chi connectivity index (χ1) is 9.85. The van der Waals surface area contributed by atoms with Crippen LogP contribution < -0.4 is 5.32 Å². The van der Waals surface area contributed by atoms with Gasteiger partial charge in [0.1, 0.15) is 11.2 Å². The fraction of sp³-hybridized carbons (Fsp3) is 0.500. The molecule has 1 amide bonds. The Balaban J connectivity index is 2.89. The maximum atomic E-state index is 12.2. The molecule has 0 radical (unpaired) electrons. The van der Waals surface area contributed by atoms with E-state index in [4.69, 9.17) is 16.7 Å². The molecule has 0 saturated carbocycles. The van der Waals surface area contributed by atoms with Gasteiger partial charge in [-0.25, -0.2) is 9.78 Å². The van der Waals surface area contributed by atoms with Crippen LogP contribution in [0.5, 0.6) is 0 Å². The fourth-order valence-electron chi connectivity index (χ4n) is 1.68. The monoisotopic (exact) mass is 330 g/mol. The summed E-state index contributed by atoms with van der Waals surface area (Å²) in [5.74, 6) is -0.704. The molecule has 0 aliphatic heterocycles. The van der Waals surface area contributed by atoms with E-state index in [2.05, 4.69) is 10.3 Å². The molecule has 0 aliphatic carbocycles. The zero-order valence-electron chi connectivity index (χ0n) is 12.2. The zero-order chi connectivity index (χ0) is 16.0. The van der Waals surface area contributed by atoms with Gasteiger partial charge >= 0.3 is 5.97 Å². The van der Waals surface area contributed by atoms with Gasteiger partial charge in [-0.1, -0.05) is 25.4 Å². The highest BCUT2D eigenvalue weighted by atomic mass is 35.5. The number of nitrogens with one attached hydrogen (secondary N) is 1.